The molecule has 4 aromatic rings. The lowest BCUT2D eigenvalue weighted by Crippen LogP contribution is -2.45. The highest BCUT2D eigenvalue weighted by Crippen LogP contribution is 2.32. The van der Waals surface area contributed by atoms with Crippen molar-refractivity contribution in [1.29, 1.82) is 0 Å². The monoisotopic (exact) mass is 557 g/mol. The molecule has 3 N–H and O–H groups in total. The first-order chi connectivity index (χ1) is 19.4. The van der Waals surface area contributed by atoms with E-state index in [2.05, 4.69) is 20.6 Å². The predicted octanol–water partition coefficient (Wildman–Crippen LogP) is 5.05. The molecule has 0 bridgehead atoms. The van der Waals surface area contributed by atoms with Crippen LogP contribution >= 0.6 is 11.6 Å². The molecule has 1 atom stereocenters. The van der Waals surface area contributed by atoms with E-state index in [1.54, 1.807) is 36.5 Å². The zero-order chi connectivity index (χ0) is 28.1. The quantitative estimate of drug-likeness (QED) is 0.262. The second-order valence-corrected chi connectivity index (χ2v) is 10.5. The summed E-state index contributed by atoms with van der Waals surface area (Å²) in [6, 6.07) is 15.0. The Bertz CT molecular complexity index is 1550. The van der Waals surface area contributed by atoms with E-state index in [-0.39, 0.29) is 17.9 Å². The van der Waals surface area contributed by atoms with Crippen LogP contribution in [-0.4, -0.2) is 76.3 Å². The molecular weight excluding hydrogens is 526 g/mol. The maximum Gasteiger partial charge on any atom is 0.253 e. The zero-order valence-electron chi connectivity index (χ0n) is 22.5. The number of hydrogen-bond donors (Lipinski definition) is 3. The van der Waals surface area contributed by atoms with Crippen LogP contribution < -0.4 is 10.6 Å². The highest BCUT2D eigenvalue weighted by Gasteiger charge is 2.25. The highest BCUT2D eigenvalue weighted by molar-refractivity contribution is 6.33. The Morgan fingerprint density at radius 3 is 2.90 bits per heavy atom. The van der Waals surface area contributed by atoms with E-state index in [1.807, 2.05) is 54.4 Å². The fraction of sp³-hybridized carbons (Fsp3) is 0.267. The molecule has 0 unspecified atom stereocenters. The molecule has 40 heavy (non-hydrogen) atoms. The van der Waals surface area contributed by atoms with Gasteiger partial charge >= 0.3 is 0 Å². The van der Waals surface area contributed by atoms with Crippen LogP contribution in [0.5, 0.6) is 0 Å². The fourth-order valence-electron chi connectivity index (χ4n) is 4.82. The molecule has 0 spiro atoms. The SMILES string of the molecule is CN(C)C/C=C/C(=O)Nc1cccc(C(=O)N2CCC[C@@H](Nc3ncc(Cl)c(-c4c[nH]c5ccccc45)n3)C2)c1. The topological polar surface area (TPSA) is 106 Å². The lowest BCUT2D eigenvalue weighted by molar-refractivity contribution is -0.111. The molecule has 2 aromatic heterocycles. The van der Waals surface area contributed by atoms with Gasteiger partial charge in [-0.15, -0.1) is 0 Å². The van der Waals surface area contributed by atoms with Crippen molar-refractivity contribution in [1.82, 2.24) is 24.8 Å². The average molecular weight is 558 g/mol. The molecule has 3 heterocycles. The number of halogens is 1. The van der Waals surface area contributed by atoms with Crippen molar-refractivity contribution < 1.29 is 9.59 Å². The molecule has 0 saturated carbocycles. The second-order valence-electron chi connectivity index (χ2n) is 10.1. The van der Waals surface area contributed by atoms with Crippen LogP contribution in [0, 0.1) is 0 Å². The van der Waals surface area contributed by atoms with Crippen LogP contribution in [0.25, 0.3) is 22.2 Å². The Morgan fingerprint density at radius 1 is 1.20 bits per heavy atom. The minimum Gasteiger partial charge on any atom is -0.360 e. The number of piperidine rings is 1. The molecule has 1 fully saturated rings. The van der Waals surface area contributed by atoms with Crippen molar-refractivity contribution in [2.24, 2.45) is 0 Å². The lowest BCUT2D eigenvalue weighted by Gasteiger charge is -2.33. The number of carbonyl (C=O) groups excluding carboxylic acids is 2. The smallest absolute Gasteiger partial charge is 0.253 e. The molecule has 9 nitrogen and oxygen atoms in total. The summed E-state index contributed by atoms with van der Waals surface area (Å²) in [6.45, 7) is 1.83. The average Bonchev–Trinajstić information content (AvgIpc) is 3.38. The van der Waals surface area contributed by atoms with Crippen molar-refractivity contribution in [3.63, 3.8) is 0 Å². The van der Waals surface area contributed by atoms with Gasteiger partial charge in [0.05, 0.1) is 16.9 Å². The number of fused-ring (bicyclic) bond motifs is 1. The maximum atomic E-state index is 13.4. The van der Waals surface area contributed by atoms with Crippen molar-refractivity contribution in [2.45, 2.75) is 18.9 Å². The molecule has 1 aliphatic heterocycles. The van der Waals surface area contributed by atoms with Gasteiger partial charge in [0.25, 0.3) is 5.91 Å². The van der Waals surface area contributed by atoms with E-state index in [9.17, 15) is 9.59 Å². The van der Waals surface area contributed by atoms with Gasteiger partial charge < -0.3 is 25.4 Å². The van der Waals surface area contributed by atoms with E-state index < -0.39 is 0 Å². The van der Waals surface area contributed by atoms with Crippen molar-refractivity contribution in [3.8, 4) is 11.3 Å². The summed E-state index contributed by atoms with van der Waals surface area (Å²) in [6.07, 6.45) is 8.53. The van der Waals surface area contributed by atoms with Gasteiger partial charge in [0.15, 0.2) is 0 Å². The summed E-state index contributed by atoms with van der Waals surface area (Å²) >= 11 is 6.49. The number of nitrogens with zero attached hydrogens (tertiary/aromatic N) is 4. The number of hydrogen-bond acceptors (Lipinski definition) is 6. The summed E-state index contributed by atoms with van der Waals surface area (Å²) in [5, 5.41) is 7.74. The van der Waals surface area contributed by atoms with Crippen molar-refractivity contribution >= 4 is 46.0 Å². The number of aromatic nitrogens is 3. The normalized spacial score (nSPS) is 15.6. The third-order valence-electron chi connectivity index (χ3n) is 6.75. The van der Waals surface area contributed by atoms with E-state index in [0.29, 0.717) is 47.6 Å². The Morgan fingerprint density at radius 2 is 2.05 bits per heavy atom. The third-order valence-corrected chi connectivity index (χ3v) is 7.02. The lowest BCUT2D eigenvalue weighted by atomic mass is 10.0. The minimum absolute atomic E-state index is 0.0144. The van der Waals surface area contributed by atoms with Gasteiger partial charge in [-0.3, -0.25) is 9.59 Å². The summed E-state index contributed by atoms with van der Waals surface area (Å²) in [7, 11) is 3.87. The fourth-order valence-corrected chi connectivity index (χ4v) is 5.01. The number of likely N-dealkylation sites (N-methyl/N-ethyl adjacent to an activating group) is 1. The van der Waals surface area contributed by atoms with Gasteiger partial charge in [-0.25, -0.2) is 9.97 Å². The van der Waals surface area contributed by atoms with Gasteiger partial charge in [0, 0.05) is 65.7 Å². The molecule has 0 aliphatic carbocycles. The molecular formula is C30H32ClN7O2. The Hall–Kier alpha value is -4.21. The van der Waals surface area contributed by atoms with Crippen molar-refractivity contribution in [3.05, 3.63) is 83.7 Å². The molecule has 10 heteroatoms. The van der Waals surface area contributed by atoms with Crippen LogP contribution in [0.15, 0.2) is 73.1 Å². The number of amides is 2. The summed E-state index contributed by atoms with van der Waals surface area (Å²) in [5.41, 5.74) is 3.67. The van der Waals surface area contributed by atoms with Crippen LogP contribution in [0.1, 0.15) is 23.2 Å². The Kier molecular flexibility index (Phi) is 8.42. The number of carbonyl (C=O) groups is 2. The molecule has 2 aromatic carbocycles. The first kappa shape index (κ1) is 27.4. The van der Waals surface area contributed by atoms with E-state index in [0.717, 1.165) is 29.3 Å². The second kappa shape index (κ2) is 12.3. The number of rotatable bonds is 8. The third kappa shape index (κ3) is 6.50. The van der Waals surface area contributed by atoms with Gasteiger partial charge in [-0.1, -0.05) is 41.9 Å². The number of H-pyrrole nitrogens is 1. The van der Waals surface area contributed by atoms with E-state index in [4.69, 9.17) is 16.6 Å². The molecule has 1 aliphatic rings. The number of nitrogens with one attached hydrogen (secondary N) is 3. The molecule has 2 amide bonds. The standard InChI is InChI=1S/C30H32ClN7O2/c1-37(2)14-7-13-27(39)34-21-9-5-8-20(16-21)29(40)38-15-6-10-22(19-38)35-30-33-18-25(31)28(36-30)24-17-32-26-12-4-3-11-23(24)26/h3-5,7-9,11-13,16-18,22,32H,6,10,14-15,19H2,1-2H3,(H,34,39)(H,33,35,36)/b13-7+/t22-/m1/s1. The minimum atomic E-state index is -0.233. The summed E-state index contributed by atoms with van der Waals surface area (Å²) < 4.78 is 0. The molecule has 5 rings (SSSR count). The first-order valence-corrected chi connectivity index (χ1v) is 13.6. The maximum absolute atomic E-state index is 13.4. The van der Waals surface area contributed by atoms with Crippen molar-refractivity contribution in [2.75, 3.05) is 44.4 Å². The summed E-state index contributed by atoms with van der Waals surface area (Å²) in [5.74, 6) is 0.155. The number of para-hydroxylation sites is 1. The van der Waals surface area contributed by atoms with E-state index >= 15 is 0 Å². The predicted molar refractivity (Wildman–Crippen MR) is 160 cm³/mol. The zero-order valence-corrected chi connectivity index (χ0v) is 23.3. The van der Waals surface area contributed by atoms with E-state index in [1.165, 1.54) is 6.08 Å². The van der Waals surface area contributed by atoms with Gasteiger partial charge in [0.1, 0.15) is 0 Å². The number of likely N-dealkylation sites (tertiary alicyclic amines) is 1. The molecule has 0 radical (unpaired) electrons. The van der Waals surface area contributed by atoms with Crippen LogP contribution in [0.4, 0.5) is 11.6 Å². The van der Waals surface area contributed by atoms with Crippen LogP contribution in [0.2, 0.25) is 5.02 Å². The first-order valence-electron chi connectivity index (χ1n) is 13.2. The number of anilines is 2. The van der Waals surface area contributed by atoms with Gasteiger partial charge in [0.2, 0.25) is 11.9 Å². The Balaban J connectivity index is 1.25. The van der Waals surface area contributed by atoms with Gasteiger partial charge in [-0.05, 0) is 51.2 Å². The van der Waals surface area contributed by atoms with Crippen LogP contribution in [0.3, 0.4) is 0 Å². The molecule has 1 saturated heterocycles. The Labute approximate surface area is 238 Å². The summed E-state index contributed by atoms with van der Waals surface area (Å²) in [4.78, 5) is 41.8. The number of aromatic amines is 1. The highest BCUT2D eigenvalue weighted by atomic mass is 35.5. The largest absolute Gasteiger partial charge is 0.360 e. The number of benzene rings is 2. The molecule has 206 valence electrons. The van der Waals surface area contributed by atoms with Gasteiger partial charge in [-0.2, -0.15) is 0 Å². The van der Waals surface area contributed by atoms with Crippen LogP contribution in [-0.2, 0) is 4.79 Å².